The standard InChI is InChI=1S/C16H11ClN2O3.C15H8ClN3O.CH4O.ClH/c1-21-16(20)9-3-2-4-11-10(9)7-12-15-13(22-8-19(11)12)5-6-14(17)18-15;16-14-5-4-13-15(18-14)12-6-10-9(7-17)2-1-3-11(10)19(12)8-20-13;1-2;/h2-7H,8H2,1H3;1-6H,8H2;2H,1H3;1H. The van der Waals surface area contributed by atoms with Crippen molar-refractivity contribution in [2.45, 2.75) is 13.5 Å². The van der Waals surface area contributed by atoms with E-state index in [1.807, 2.05) is 57.7 Å². The van der Waals surface area contributed by atoms with Crippen molar-refractivity contribution in [2.24, 2.45) is 0 Å². The maximum atomic E-state index is 11.9. The lowest BCUT2D eigenvalue weighted by molar-refractivity contribution is 0.0603. The summed E-state index contributed by atoms with van der Waals surface area (Å²) in [5, 5.41) is 18.7. The molecule has 4 aromatic heterocycles. The molecule has 228 valence electrons. The lowest BCUT2D eigenvalue weighted by atomic mass is 10.1. The first kappa shape index (κ1) is 31.6. The number of pyridine rings is 2. The fraction of sp³-hybridized carbons (Fsp3) is 0.125. The molecule has 8 rings (SSSR count). The lowest BCUT2D eigenvalue weighted by Crippen LogP contribution is -2.13. The molecule has 2 aromatic carbocycles. The van der Waals surface area contributed by atoms with Crippen LogP contribution in [0.1, 0.15) is 15.9 Å². The first-order valence-corrected chi connectivity index (χ1v) is 14.0. The van der Waals surface area contributed by atoms with E-state index in [1.54, 1.807) is 24.3 Å². The van der Waals surface area contributed by atoms with Crippen molar-refractivity contribution in [3.8, 4) is 40.3 Å². The highest BCUT2D eigenvalue weighted by molar-refractivity contribution is 6.29. The third kappa shape index (κ3) is 5.52. The molecule has 0 saturated heterocycles. The second-order valence-corrected chi connectivity index (χ2v) is 10.3. The Kier molecular flexibility index (Phi) is 9.18. The number of benzene rings is 2. The van der Waals surface area contributed by atoms with E-state index < -0.39 is 0 Å². The maximum Gasteiger partial charge on any atom is 0.338 e. The summed E-state index contributed by atoms with van der Waals surface area (Å²) in [4.78, 5) is 20.6. The summed E-state index contributed by atoms with van der Waals surface area (Å²) in [6.07, 6.45) is 0. The van der Waals surface area contributed by atoms with Gasteiger partial charge < -0.3 is 28.5 Å². The van der Waals surface area contributed by atoms with Crippen molar-refractivity contribution >= 4 is 63.4 Å². The van der Waals surface area contributed by atoms with Crippen LogP contribution in [0.5, 0.6) is 11.5 Å². The number of methoxy groups -OCH3 is 1. The highest BCUT2D eigenvalue weighted by Crippen LogP contribution is 2.39. The minimum atomic E-state index is -0.367. The Hall–Kier alpha value is -4.79. The Morgan fingerprint density at radius 2 is 1.36 bits per heavy atom. The van der Waals surface area contributed by atoms with Crippen LogP contribution in [-0.2, 0) is 18.2 Å². The Morgan fingerprint density at radius 3 is 1.89 bits per heavy atom. The molecule has 0 atom stereocenters. The van der Waals surface area contributed by atoms with Crippen molar-refractivity contribution in [1.82, 2.24) is 19.1 Å². The molecule has 45 heavy (non-hydrogen) atoms. The number of hydrogen-bond acceptors (Lipinski definition) is 8. The molecule has 2 aliphatic heterocycles. The third-order valence-electron chi connectivity index (χ3n) is 7.25. The number of aliphatic hydroxyl groups excluding tert-OH is 1. The number of ether oxygens (including phenoxy) is 3. The van der Waals surface area contributed by atoms with Crippen molar-refractivity contribution in [3.63, 3.8) is 0 Å². The van der Waals surface area contributed by atoms with E-state index >= 15 is 0 Å². The molecule has 1 N–H and O–H groups in total. The first-order valence-electron chi connectivity index (χ1n) is 13.2. The van der Waals surface area contributed by atoms with Gasteiger partial charge in [0.2, 0.25) is 0 Å². The number of carbonyl (C=O) groups excluding carboxylic acids is 1. The maximum absolute atomic E-state index is 11.9. The van der Waals surface area contributed by atoms with E-state index in [9.17, 15) is 10.1 Å². The minimum Gasteiger partial charge on any atom is -0.470 e. The largest absolute Gasteiger partial charge is 0.470 e. The van der Waals surface area contributed by atoms with Crippen LogP contribution in [0.25, 0.3) is 44.6 Å². The number of aliphatic hydroxyl groups is 1. The van der Waals surface area contributed by atoms with E-state index in [1.165, 1.54) is 7.11 Å². The fourth-order valence-corrected chi connectivity index (χ4v) is 5.63. The van der Waals surface area contributed by atoms with Gasteiger partial charge in [0.15, 0.2) is 13.5 Å². The number of hydrogen-bond donors (Lipinski definition) is 1. The summed E-state index contributed by atoms with van der Waals surface area (Å²) < 4.78 is 20.2. The molecule has 0 unspecified atom stereocenters. The van der Waals surface area contributed by atoms with Crippen LogP contribution in [0.15, 0.2) is 72.8 Å². The normalized spacial score (nSPS) is 11.7. The molecule has 0 spiro atoms. The monoisotopic (exact) mass is 663 g/mol. The molecule has 0 fully saturated rings. The molecule has 13 heteroatoms. The first-order chi connectivity index (χ1) is 21.5. The molecule has 0 amide bonds. The van der Waals surface area contributed by atoms with Crippen molar-refractivity contribution in [2.75, 3.05) is 14.2 Å². The molecule has 6 aromatic rings. The molecule has 10 nitrogen and oxygen atoms in total. The molecule has 0 saturated carbocycles. The van der Waals surface area contributed by atoms with Gasteiger partial charge in [-0.3, -0.25) is 0 Å². The fourth-order valence-electron chi connectivity index (χ4n) is 5.34. The number of fused-ring (bicyclic) bond motifs is 10. The minimum absolute atomic E-state index is 0. The molecular weight excluding hydrogens is 641 g/mol. The predicted octanol–water partition coefficient (Wildman–Crippen LogP) is 7.10. The molecule has 2 aliphatic rings. The number of carbonyl (C=O) groups is 1. The van der Waals surface area contributed by atoms with Gasteiger partial charge in [0.25, 0.3) is 0 Å². The average molecular weight is 665 g/mol. The number of aromatic nitrogens is 4. The van der Waals surface area contributed by atoms with E-state index in [4.69, 9.17) is 42.5 Å². The zero-order valence-electron chi connectivity index (χ0n) is 23.8. The van der Waals surface area contributed by atoms with Crippen molar-refractivity contribution in [3.05, 3.63) is 94.2 Å². The van der Waals surface area contributed by atoms with Crippen LogP contribution in [0.4, 0.5) is 0 Å². The quantitative estimate of drug-likeness (QED) is 0.146. The van der Waals surface area contributed by atoms with Crippen LogP contribution in [0, 0.1) is 11.3 Å². The highest BCUT2D eigenvalue weighted by Gasteiger charge is 2.24. The van der Waals surface area contributed by atoms with E-state index in [0.717, 1.165) is 40.3 Å². The van der Waals surface area contributed by atoms with Gasteiger partial charge in [-0.2, -0.15) is 5.26 Å². The Balaban J connectivity index is 0.000000166. The third-order valence-corrected chi connectivity index (χ3v) is 7.67. The Morgan fingerprint density at radius 1 is 0.844 bits per heavy atom. The second-order valence-electron chi connectivity index (χ2n) is 9.50. The van der Waals surface area contributed by atoms with Crippen LogP contribution in [-0.4, -0.2) is 44.4 Å². The predicted molar refractivity (Wildman–Crippen MR) is 173 cm³/mol. The number of rotatable bonds is 1. The smallest absolute Gasteiger partial charge is 0.338 e. The summed E-state index contributed by atoms with van der Waals surface area (Å²) >= 11 is 12.0. The van der Waals surface area contributed by atoms with Gasteiger partial charge in [-0.15, -0.1) is 12.4 Å². The van der Waals surface area contributed by atoms with Gasteiger partial charge >= 0.3 is 5.97 Å². The second kappa shape index (κ2) is 13.1. The van der Waals surface area contributed by atoms with Gasteiger partial charge in [0, 0.05) is 17.9 Å². The SMILES string of the molecule is CO.COC(=O)c1cccc2c1cc1n2COc2ccc(Cl)nc2-1.Cl.N#Cc1cccc2c1cc1n2COc2ccc(Cl)nc2-1. The van der Waals surface area contributed by atoms with Crippen LogP contribution >= 0.6 is 35.6 Å². The van der Waals surface area contributed by atoms with Crippen molar-refractivity contribution < 1.29 is 24.1 Å². The van der Waals surface area contributed by atoms with Crippen LogP contribution < -0.4 is 9.47 Å². The zero-order chi connectivity index (χ0) is 31.0. The van der Waals surface area contributed by atoms with Gasteiger partial charge in [-0.1, -0.05) is 35.3 Å². The number of esters is 1. The van der Waals surface area contributed by atoms with Gasteiger partial charge in [-0.05, 0) is 60.7 Å². The van der Waals surface area contributed by atoms with E-state index in [-0.39, 0.29) is 18.4 Å². The van der Waals surface area contributed by atoms with Crippen LogP contribution in [0.2, 0.25) is 10.3 Å². The number of halogens is 3. The van der Waals surface area contributed by atoms with E-state index in [0.29, 0.717) is 57.8 Å². The molecule has 0 aliphatic carbocycles. The molecule has 0 radical (unpaired) electrons. The van der Waals surface area contributed by atoms with Gasteiger partial charge in [0.05, 0.1) is 46.7 Å². The summed E-state index contributed by atoms with van der Waals surface area (Å²) in [7, 11) is 2.37. The highest BCUT2D eigenvalue weighted by atomic mass is 35.5. The average Bonchev–Trinajstić information content (AvgIpc) is 3.65. The number of nitrogens with zero attached hydrogens (tertiary/aromatic N) is 5. The molecule has 0 bridgehead atoms. The van der Waals surface area contributed by atoms with Gasteiger partial charge in [-0.25, -0.2) is 14.8 Å². The molecular formula is C32H24Cl3N5O5. The summed E-state index contributed by atoms with van der Waals surface area (Å²) in [5.74, 6) is 1.02. The van der Waals surface area contributed by atoms with E-state index in [2.05, 4.69) is 16.0 Å². The number of nitriles is 1. The Labute approximate surface area is 273 Å². The topological polar surface area (TPSA) is 124 Å². The Bertz CT molecular complexity index is 2120. The molecule has 6 heterocycles. The van der Waals surface area contributed by atoms with Crippen molar-refractivity contribution in [1.29, 1.82) is 5.26 Å². The summed E-state index contributed by atoms with van der Waals surface area (Å²) in [6, 6.07) is 24.3. The summed E-state index contributed by atoms with van der Waals surface area (Å²) in [6.45, 7) is 0.768. The zero-order valence-corrected chi connectivity index (χ0v) is 26.2. The summed E-state index contributed by atoms with van der Waals surface area (Å²) in [5.41, 5.74) is 6.20. The van der Waals surface area contributed by atoms with Gasteiger partial charge in [0.1, 0.15) is 33.2 Å². The van der Waals surface area contributed by atoms with Crippen LogP contribution in [0.3, 0.4) is 0 Å². The lowest BCUT2D eigenvalue weighted by Gasteiger charge is -2.20.